The highest BCUT2D eigenvalue weighted by atomic mass is 16.3. The summed E-state index contributed by atoms with van der Waals surface area (Å²) < 4.78 is 0. The lowest BCUT2D eigenvalue weighted by Gasteiger charge is -2.32. The highest BCUT2D eigenvalue weighted by Gasteiger charge is 2.42. The van der Waals surface area contributed by atoms with E-state index in [0.29, 0.717) is 17.5 Å². The van der Waals surface area contributed by atoms with Crippen molar-refractivity contribution in [2.75, 3.05) is 13.1 Å². The predicted octanol–water partition coefficient (Wildman–Crippen LogP) is -4.06. The Balaban J connectivity index is 1.80. The second kappa shape index (κ2) is 29.1. The fourth-order valence-corrected chi connectivity index (χ4v) is 7.99. The second-order valence-electron chi connectivity index (χ2n) is 18.9. The van der Waals surface area contributed by atoms with Gasteiger partial charge in [0, 0.05) is 19.4 Å². The summed E-state index contributed by atoms with van der Waals surface area (Å²) in [7, 11) is 0. The molecule has 1 heterocycles. The third-order valence-corrected chi connectivity index (χ3v) is 12.5. The molecular weight excluding hydrogens is 981 g/mol. The standard InChI is InChI=1S/C49H72N12O14/c1-6-25(4)40(42(53)68)59-48(74)39(24(2)3)58-46(72)34(22-37(52)66)57-44(70)32(17-18-36(51)65)56-47(73)35-8-7-19-61(35)49(75)41(26(5)62)60-45(71)33(21-28-11-15-30(64)16-12-28)55-38(67)23-54-43(69)31(50)20-27-9-13-29(63)14-10-27/h9-16,24-26,31-35,39-41,62-64H,6-8,17-23,50H2,1-5H3,(H2,51,65)(H2,52,66)(H2,53,68)(H,54,69)(H,55,67)(H,56,73)(H,57,70)(H,58,72)(H,59,74)(H,60,71)/t25?,26?,31-,32-,33-,34?,35-,39-,40-,41-/m0/s1. The van der Waals surface area contributed by atoms with Crippen molar-refractivity contribution in [2.24, 2.45) is 34.8 Å². The smallest absolute Gasteiger partial charge is 0.248 e. The van der Waals surface area contributed by atoms with E-state index in [9.17, 15) is 68.1 Å². The molecule has 2 aromatic carbocycles. The molecule has 75 heavy (non-hydrogen) atoms. The highest BCUT2D eigenvalue weighted by molar-refractivity contribution is 5.99. The van der Waals surface area contributed by atoms with Crippen LogP contribution in [-0.4, -0.2) is 153 Å². The van der Waals surface area contributed by atoms with Gasteiger partial charge >= 0.3 is 0 Å². The summed E-state index contributed by atoms with van der Waals surface area (Å²) in [6, 6.07) is 0.278. The molecule has 1 saturated heterocycles. The first-order chi connectivity index (χ1) is 35.2. The van der Waals surface area contributed by atoms with Gasteiger partial charge in [0.25, 0.3) is 0 Å². The van der Waals surface area contributed by atoms with Crippen LogP contribution in [-0.2, 0) is 65.6 Å². The summed E-state index contributed by atoms with van der Waals surface area (Å²) in [4.78, 5) is 147. The van der Waals surface area contributed by atoms with Crippen LogP contribution in [0, 0.1) is 11.8 Å². The van der Waals surface area contributed by atoms with E-state index < -0.39 is 151 Å². The zero-order valence-electron chi connectivity index (χ0n) is 42.6. The number of benzene rings is 2. The average molecular weight is 1050 g/mol. The van der Waals surface area contributed by atoms with Gasteiger partial charge < -0.3 is 80.4 Å². The molecule has 3 unspecified atom stereocenters. The number of carbonyl (C=O) groups excluding carboxylic acids is 11. The van der Waals surface area contributed by atoms with Gasteiger partial charge in [-0.3, -0.25) is 52.7 Å². The van der Waals surface area contributed by atoms with Crippen molar-refractivity contribution in [1.29, 1.82) is 0 Å². The number of nitrogens with one attached hydrogen (secondary N) is 7. The highest BCUT2D eigenvalue weighted by Crippen LogP contribution is 2.21. The number of aromatic hydroxyl groups is 2. The number of rotatable bonds is 29. The number of hydrogen-bond acceptors (Lipinski definition) is 15. The Morgan fingerprint density at radius 1 is 0.640 bits per heavy atom. The molecule has 11 amide bonds. The van der Waals surface area contributed by atoms with E-state index in [-0.39, 0.29) is 49.6 Å². The normalized spacial score (nSPS) is 16.7. The van der Waals surface area contributed by atoms with Crippen molar-refractivity contribution in [2.45, 2.75) is 140 Å². The largest absolute Gasteiger partial charge is 0.508 e. The van der Waals surface area contributed by atoms with Crippen molar-refractivity contribution in [3.63, 3.8) is 0 Å². The number of nitrogens with two attached hydrogens (primary N) is 4. The number of likely N-dealkylation sites (tertiary alicyclic amines) is 1. The van der Waals surface area contributed by atoms with E-state index in [0.717, 1.165) is 4.90 Å². The molecule has 0 radical (unpaired) electrons. The number of amides is 11. The minimum Gasteiger partial charge on any atom is -0.508 e. The quantitative estimate of drug-likeness (QED) is 0.0369. The van der Waals surface area contributed by atoms with Gasteiger partial charge in [0.1, 0.15) is 53.8 Å². The molecular formula is C49H72N12O14. The van der Waals surface area contributed by atoms with Gasteiger partial charge in [-0.25, -0.2) is 0 Å². The van der Waals surface area contributed by atoms with Gasteiger partial charge in [-0.2, -0.15) is 0 Å². The maximum absolute atomic E-state index is 14.3. The maximum Gasteiger partial charge on any atom is 0.248 e. The first-order valence-electron chi connectivity index (χ1n) is 24.5. The van der Waals surface area contributed by atoms with Crippen LogP contribution in [0.3, 0.4) is 0 Å². The van der Waals surface area contributed by atoms with Crippen molar-refractivity contribution < 1.29 is 68.1 Å². The summed E-state index contributed by atoms with van der Waals surface area (Å²) >= 11 is 0. The molecule has 3 rings (SSSR count). The Labute approximate surface area is 433 Å². The molecule has 2 aromatic rings. The number of primary amides is 3. The number of hydrogen-bond donors (Lipinski definition) is 14. The van der Waals surface area contributed by atoms with Crippen molar-refractivity contribution in [3.8, 4) is 11.5 Å². The van der Waals surface area contributed by atoms with Crippen LogP contribution >= 0.6 is 0 Å². The van der Waals surface area contributed by atoms with Gasteiger partial charge in [-0.1, -0.05) is 58.4 Å². The van der Waals surface area contributed by atoms with Gasteiger partial charge in [0.15, 0.2) is 0 Å². The lowest BCUT2D eigenvalue weighted by atomic mass is 9.96. The second-order valence-corrected chi connectivity index (χ2v) is 18.9. The Kier molecular flexibility index (Phi) is 23.9. The van der Waals surface area contributed by atoms with Crippen LogP contribution in [0.1, 0.15) is 84.3 Å². The first kappa shape index (κ1) is 61.4. The Bertz CT molecular complexity index is 2370. The Morgan fingerprint density at radius 2 is 1.17 bits per heavy atom. The average Bonchev–Trinajstić information content (AvgIpc) is 3.85. The fraction of sp³-hybridized carbons (Fsp3) is 0.531. The predicted molar refractivity (Wildman–Crippen MR) is 268 cm³/mol. The molecule has 26 heteroatoms. The minimum absolute atomic E-state index is 0.0168. The van der Waals surface area contributed by atoms with Gasteiger partial charge in [-0.05, 0) is 79.8 Å². The molecule has 26 nitrogen and oxygen atoms in total. The van der Waals surface area contributed by atoms with E-state index in [2.05, 4.69) is 37.2 Å². The monoisotopic (exact) mass is 1050 g/mol. The van der Waals surface area contributed by atoms with E-state index in [1.807, 2.05) is 0 Å². The van der Waals surface area contributed by atoms with E-state index in [1.54, 1.807) is 39.8 Å². The van der Waals surface area contributed by atoms with Gasteiger partial charge in [-0.15, -0.1) is 0 Å². The van der Waals surface area contributed by atoms with Crippen LogP contribution in [0.25, 0.3) is 0 Å². The zero-order chi connectivity index (χ0) is 56.3. The number of aliphatic hydroxyl groups is 1. The lowest BCUT2D eigenvalue weighted by Crippen LogP contribution is -2.62. The van der Waals surface area contributed by atoms with E-state index in [1.165, 1.54) is 43.3 Å². The summed E-state index contributed by atoms with van der Waals surface area (Å²) in [5.41, 5.74) is 23.4. The molecule has 1 aliphatic rings. The lowest BCUT2D eigenvalue weighted by molar-refractivity contribution is -0.144. The number of phenolic OH excluding ortho intramolecular Hbond substituents is 2. The van der Waals surface area contributed by atoms with Gasteiger partial charge in [0.2, 0.25) is 65.0 Å². The fourth-order valence-electron chi connectivity index (χ4n) is 7.99. The summed E-state index contributed by atoms with van der Waals surface area (Å²) in [5.74, 6) is -11.1. The Morgan fingerprint density at radius 3 is 1.69 bits per heavy atom. The molecule has 0 saturated carbocycles. The van der Waals surface area contributed by atoms with Crippen LogP contribution in [0.2, 0.25) is 0 Å². The number of phenols is 2. The third kappa shape index (κ3) is 19.5. The maximum atomic E-state index is 14.3. The molecule has 0 aliphatic carbocycles. The molecule has 0 aromatic heterocycles. The third-order valence-electron chi connectivity index (χ3n) is 12.5. The number of carbonyl (C=O) groups is 11. The van der Waals surface area contributed by atoms with Crippen molar-refractivity contribution in [3.05, 3.63) is 59.7 Å². The van der Waals surface area contributed by atoms with Crippen molar-refractivity contribution >= 4 is 65.0 Å². The van der Waals surface area contributed by atoms with Crippen LogP contribution in [0.4, 0.5) is 0 Å². The van der Waals surface area contributed by atoms with Crippen LogP contribution in [0.15, 0.2) is 48.5 Å². The Hall–Kier alpha value is -7.87. The molecule has 18 N–H and O–H groups in total. The summed E-state index contributed by atoms with van der Waals surface area (Å²) in [6.45, 7) is 7.14. The summed E-state index contributed by atoms with van der Waals surface area (Å²) in [6.07, 6.45) is -2.70. The molecule has 0 spiro atoms. The molecule has 10 atom stereocenters. The van der Waals surface area contributed by atoms with E-state index >= 15 is 0 Å². The molecule has 0 bridgehead atoms. The first-order valence-corrected chi connectivity index (χ1v) is 24.5. The molecule has 412 valence electrons. The van der Waals surface area contributed by atoms with Crippen LogP contribution < -0.4 is 60.2 Å². The van der Waals surface area contributed by atoms with Crippen LogP contribution in [0.5, 0.6) is 11.5 Å². The number of nitrogens with zero attached hydrogens (tertiary/aromatic N) is 1. The van der Waals surface area contributed by atoms with E-state index in [4.69, 9.17) is 22.9 Å². The SMILES string of the molecule is CCC(C)[C@H](NC(=O)[C@@H](NC(=O)C(CC(N)=O)NC(=O)[C@H](CCC(N)=O)NC(=O)[C@@H]1CCCN1C(=O)[C@@H](NC(=O)[C@H](Cc1ccc(O)cc1)NC(=O)CNC(=O)[C@@H](N)Cc1ccc(O)cc1)C(C)O)C(C)C)C(N)=O. The van der Waals surface area contributed by atoms with Crippen molar-refractivity contribution in [1.82, 2.24) is 42.1 Å². The zero-order valence-corrected chi connectivity index (χ0v) is 42.6. The van der Waals surface area contributed by atoms with Gasteiger partial charge in [0.05, 0.1) is 25.1 Å². The minimum atomic E-state index is -1.74. The molecule has 1 aliphatic heterocycles. The number of aliphatic hydroxyl groups excluding tert-OH is 1. The molecule has 1 fully saturated rings. The topological polar surface area (TPSA) is 440 Å². The summed E-state index contributed by atoms with van der Waals surface area (Å²) in [5, 5.41) is 47.5.